The monoisotopic (exact) mass is 356 g/mol. The van der Waals surface area contributed by atoms with Crippen LogP contribution in [0.15, 0.2) is 42.7 Å². The van der Waals surface area contributed by atoms with Crippen molar-refractivity contribution in [2.24, 2.45) is 0 Å². The van der Waals surface area contributed by atoms with Gasteiger partial charge >= 0.3 is 6.03 Å². The number of hydrogen-bond acceptors (Lipinski definition) is 5. The highest BCUT2D eigenvalue weighted by Gasteiger charge is 2.32. The van der Waals surface area contributed by atoms with Crippen molar-refractivity contribution in [2.45, 2.75) is 12.5 Å². The van der Waals surface area contributed by atoms with E-state index in [1.54, 1.807) is 61.8 Å². The predicted octanol–water partition coefficient (Wildman–Crippen LogP) is 2.03. The van der Waals surface area contributed by atoms with Crippen LogP contribution in [0.4, 0.5) is 16.2 Å². The van der Waals surface area contributed by atoms with Gasteiger partial charge in [-0.15, -0.1) is 0 Å². The lowest BCUT2D eigenvalue weighted by atomic mass is 10.2. The first-order chi connectivity index (χ1) is 12.6. The number of carbonyl (C=O) groups is 2. The van der Waals surface area contributed by atoms with E-state index in [-0.39, 0.29) is 24.4 Å². The largest absolute Gasteiger partial charge is 0.493 e. The zero-order chi connectivity index (χ0) is 18.5. The molecule has 1 aromatic carbocycles. The van der Waals surface area contributed by atoms with Gasteiger partial charge in [-0.3, -0.25) is 9.78 Å². The number of nitrogens with zero attached hydrogens (tertiary/aromatic N) is 2. The number of benzene rings is 1. The summed E-state index contributed by atoms with van der Waals surface area (Å²) in [7, 11) is 3.10. The van der Waals surface area contributed by atoms with E-state index in [1.807, 2.05) is 0 Å². The lowest BCUT2D eigenvalue weighted by Crippen LogP contribution is -2.39. The molecule has 0 bridgehead atoms. The van der Waals surface area contributed by atoms with E-state index in [4.69, 9.17) is 9.47 Å². The molecule has 26 heavy (non-hydrogen) atoms. The van der Waals surface area contributed by atoms with Gasteiger partial charge in [-0.1, -0.05) is 0 Å². The van der Waals surface area contributed by atoms with Gasteiger partial charge in [0.05, 0.1) is 20.3 Å². The second-order valence-corrected chi connectivity index (χ2v) is 5.78. The summed E-state index contributed by atoms with van der Waals surface area (Å²) < 4.78 is 10.5. The van der Waals surface area contributed by atoms with Crippen LogP contribution in [0.25, 0.3) is 0 Å². The predicted molar refractivity (Wildman–Crippen MR) is 96.7 cm³/mol. The minimum Gasteiger partial charge on any atom is -0.493 e. The SMILES string of the molecule is COc1ccc(N2C[C@H](NC(=O)Nc3ccncc3)CC2=O)cc1OC. The lowest BCUT2D eigenvalue weighted by molar-refractivity contribution is -0.117. The number of amides is 3. The molecule has 0 radical (unpaired) electrons. The zero-order valence-electron chi connectivity index (χ0n) is 14.6. The van der Waals surface area contributed by atoms with Gasteiger partial charge in [0.25, 0.3) is 0 Å². The van der Waals surface area contributed by atoms with Crippen LogP contribution >= 0.6 is 0 Å². The van der Waals surface area contributed by atoms with Crippen LogP contribution in [-0.4, -0.2) is 43.7 Å². The maximum absolute atomic E-state index is 12.4. The number of pyridine rings is 1. The fourth-order valence-corrected chi connectivity index (χ4v) is 2.83. The highest BCUT2D eigenvalue weighted by Crippen LogP contribution is 2.33. The van der Waals surface area contributed by atoms with E-state index in [0.29, 0.717) is 29.4 Å². The smallest absolute Gasteiger partial charge is 0.319 e. The third kappa shape index (κ3) is 3.85. The molecular weight excluding hydrogens is 336 g/mol. The van der Waals surface area contributed by atoms with Crippen LogP contribution < -0.4 is 25.0 Å². The zero-order valence-corrected chi connectivity index (χ0v) is 14.6. The van der Waals surface area contributed by atoms with Crippen LogP contribution in [0.5, 0.6) is 11.5 Å². The normalized spacial score (nSPS) is 16.3. The van der Waals surface area contributed by atoms with Gasteiger partial charge in [-0.05, 0) is 24.3 Å². The quantitative estimate of drug-likeness (QED) is 0.855. The lowest BCUT2D eigenvalue weighted by Gasteiger charge is -2.19. The summed E-state index contributed by atoms with van der Waals surface area (Å²) in [6.45, 7) is 0.387. The number of carbonyl (C=O) groups excluding carboxylic acids is 2. The van der Waals surface area contributed by atoms with Crippen molar-refractivity contribution in [3.8, 4) is 11.5 Å². The molecule has 136 valence electrons. The Labute approximate surface area is 151 Å². The molecule has 1 aliphatic heterocycles. The maximum atomic E-state index is 12.4. The van der Waals surface area contributed by atoms with E-state index in [1.165, 1.54) is 0 Å². The number of urea groups is 1. The molecule has 3 amide bonds. The van der Waals surface area contributed by atoms with E-state index in [0.717, 1.165) is 0 Å². The average molecular weight is 356 g/mol. The fourth-order valence-electron chi connectivity index (χ4n) is 2.83. The Hall–Kier alpha value is -3.29. The molecule has 8 heteroatoms. The van der Waals surface area contributed by atoms with E-state index < -0.39 is 0 Å². The van der Waals surface area contributed by atoms with Gasteiger partial charge in [-0.25, -0.2) is 4.79 Å². The van der Waals surface area contributed by atoms with Crippen molar-refractivity contribution in [3.05, 3.63) is 42.7 Å². The Bertz CT molecular complexity index is 797. The van der Waals surface area contributed by atoms with Gasteiger partial charge in [0, 0.05) is 42.8 Å². The molecule has 0 aliphatic carbocycles. The average Bonchev–Trinajstić information content (AvgIpc) is 3.01. The molecule has 2 N–H and O–H groups in total. The topological polar surface area (TPSA) is 92.8 Å². The Morgan fingerprint density at radius 3 is 2.58 bits per heavy atom. The summed E-state index contributed by atoms with van der Waals surface area (Å²) in [6.07, 6.45) is 3.42. The number of methoxy groups -OCH3 is 2. The van der Waals surface area contributed by atoms with Crippen molar-refractivity contribution in [1.29, 1.82) is 0 Å². The van der Waals surface area contributed by atoms with Gasteiger partial charge in [0.1, 0.15) is 0 Å². The fraction of sp³-hybridized carbons (Fsp3) is 0.278. The van der Waals surface area contributed by atoms with E-state index in [2.05, 4.69) is 15.6 Å². The molecule has 0 spiro atoms. The Balaban J connectivity index is 1.64. The molecule has 0 saturated carbocycles. The van der Waals surface area contributed by atoms with Crippen molar-refractivity contribution in [3.63, 3.8) is 0 Å². The summed E-state index contributed by atoms with van der Waals surface area (Å²) in [4.78, 5) is 30.0. The number of aromatic nitrogens is 1. The first-order valence-corrected chi connectivity index (χ1v) is 8.10. The van der Waals surface area contributed by atoms with Crippen LogP contribution in [-0.2, 0) is 4.79 Å². The number of anilines is 2. The number of nitrogens with one attached hydrogen (secondary N) is 2. The molecule has 1 atom stereocenters. The molecule has 2 heterocycles. The Morgan fingerprint density at radius 2 is 1.88 bits per heavy atom. The van der Waals surface area contributed by atoms with Crippen LogP contribution in [0.2, 0.25) is 0 Å². The summed E-state index contributed by atoms with van der Waals surface area (Å²) in [5, 5.41) is 5.53. The molecule has 3 rings (SSSR count). The van der Waals surface area contributed by atoms with E-state index in [9.17, 15) is 9.59 Å². The molecule has 1 aromatic heterocycles. The second-order valence-electron chi connectivity index (χ2n) is 5.78. The minimum absolute atomic E-state index is 0.0635. The summed E-state index contributed by atoms with van der Waals surface area (Å²) in [5.74, 6) is 1.07. The highest BCUT2D eigenvalue weighted by molar-refractivity contribution is 5.98. The molecule has 1 fully saturated rings. The Morgan fingerprint density at radius 1 is 1.15 bits per heavy atom. The Kier molecular flexibility index (Phi) is 5.21. The second kappa shape index (κ2) is 7.73. The third-order valence-electron chi connectivity index (χ3n) is 4.08. The van der Waals surface area contributed by atoms with Crippen LogP contribution in [0.1, 0.15) is 6.42 Å². The standard InChI is InChI=1S/C18H20N4O4/c1-25-15-4-3-14(10-16(15)26-2)22-11-13(9-17(22)23)21-18(24)20-12-5-7-19-8-6-12/h3-8,10,13H,9,11H2,1-2H3,(H2,19,20,21,24)/t13-/m1/s1. The van der Waals surface area contributed by atoms with Crippen LogP contribution in [0.3, 0.4) is 0 Å². The summed E-state index contributed by atoms with van der Waals surface area (Å²) >= 11 is 0. The van der Waals surface area contributed by atoms with Crippen molar-refractivity contribution < 1.29 is 19.1 Å². The number of ether oxygens (including phenoxy) is 2. The maximum Gasteiger partial charge on any atom is 0.319 e. The number of rotatable bonds is 5. The van der Waals surface area contributed by atoms with Crippen molar-refractivity contribution >= 4 is 23.3 Å². The van der Waals surface area contributed by atoms with Gasteiger partial charge in [0.15, 0.2) is 11.5 Å². The van der Waals surface area contributed by atoms with Gasteiger partial charge in [-0.2, -0.15) is 0 Å². The van der Waals surface area contributed by atoms with Crippen LogP contribution in [0, 0.1) is 0 Å². The molecular formula is C18H20N4O4. The van der Waals surface area contributed by atoms with Crippen molar-refractivity contribution in [1.82, 2.24) is 10.3 Å². The van der Waals surface area contributed by atoms with Gasteiger partial charge in [0.2, 0.25) is 5.91 Å². The molecule has 2 aromatic rings. The molecule has 8 nitrogen and oxygen atoms in total. The first kappa shape index (κ1) is 17.5. The first-order valence-electron chi connectivity index (χ1n) is 8.10. The van der Waals surface area contributed by atoms with E-state index >= 15 is 0 Å². The highest BCUT2D eigenvalue weighted by atomic mass is 16.5. The third-order valence-corrected chi connectivity index (χ3v) is 4.08. The summed E-state index contributed by atoms with van der Waals surface area (Å²) in [5.41, 5.74) is 1.34. The summed E-state index contributed by atoms with van der Waals surface area (Å²) in [6, 6.07) is 8.03. The minimum atomic E-state index is -0.358. The van der Waals surface area contributed by atoms with Gasteiger partial charge < -0.3 is 25.0 Å². The molecule has 1 saturated heterocycles. The van der Waals surface area contributed by atoms with Crippen molar-refractivity contribution in [2.75, 3.05) is 31.0 Å². The molecule has 0 unspecified atom stereocenters. The number of hydrogen-bond donors (Lipinski definition) is 2. The molecule has 1 aliphatic rings.